The van der Waals surface area contributed by atoms with Gasteiger partial charge in [0.25, 0.3) is 0 Å². The van der Waals surface area contributed by atoms with Gasteiger partial charge < -0.3 is 20.1 Å². The topological polar surface area (TPSA) is 85.4 Å². The molecule has 0 atom stereocenters. The van der Waals surface area contributed by atoms with Crippen molar-refractivity contribution < 1.29 is 14.3 Å². The molecule has 28 heavy (non-hydrogen) atoms. The minimum atomic E-state index is -0.182. The van der Waals surface area contributed by atoms with Crippen molar-refractivity contribution in [1.29, 1.82) is 0 Å². The number of carbonyl (C=O) groups excluding carboxylic acids is 1. The Bertz CT molecular complexity index is 716. The maximum atomic E-state index is 12.2. The summed E-state index contributed by atoms with van der Waals surface area (Å²) in [6, 6.07) is 7.43. The average molecular weight is 384 g/mol. The van der Waals surface area contributed by atoms with Crippen molar-refractivity contribution in [3.8, 4) is 11.6 Å². The molecule has 1 aromatic carbocycles. The number of aromatic nitrogens is 2. The second kappa shape index (κ2) is 10.5. The van der Waals surface area contributed by atoms with Gasteiger partial charge >= 0.3 is 6.03 Å². The van der Waals surface area contributed by atoms with Gasteiger partial charge in [-0.1, -0.05) is 13.3 Å². The summed E-state index contributed by atoms with van der Waals surface area (Å²) in [4.78, 5) is 20.4. The van der Waals surface area contributed by atoms with Crippen molar-refractivity contribution in [3.63, 3.8) is 0 Å². The molecule has 1 aliphatic rings. The standard InChI is InChI=1S/C21H28N4O3/c1-2-3-14-27-18-8-4-16(5-9-18)24-21(26)25-17-6-10-19(11-7-17)28-20-15-22-12-13-23-20/h4-5,8-9,12-13,15,17,19H,2-3,6-7,10-11,14H2,1H3,(H2,24,25,26). The van der Waals surface area contributed by atoms with E-state index in [9.17, 15) is 4.79 Å². The van der Waals surface area contributed by atoms with Crippen LogP contribution in [-0.4, -0.2) is 34.8 Å². The van der Waals surface area contributed by atoms with Crippen LogP contribution in [0.1, 0.15) is 45.4 Å². The van der Waals surface area contributed by atoms with Crippen LogP contribution in [0.5, 0.6) is 11.6 Å². The lowest BCUT2D eigenvalue weighted by Gasteiger charge is -2.29. The number of hydrogen-bond donors (Lipinski definition) is 2. The first-order valence-corrected chi connectivity index (χ1v) is 9.96. The van der Waals surface area contributed by atoms with Gasteiger partial charge in [-0.15, -0.1) is 0 Å². The Hall–Kier alpha value is -2.83. The number of carbonyl (C=O) groups is 1. The van der Waals surface area contributed by atoms with Crippen LogP contribution >= 0.6 is 0 Å². The van der Waals surface area contributed by atoms with E-state index in [-0.39, 0.29) is 18.2 Å². The van der Waals surface area contributed by atoms with Gasteiger partial charge in [0.15, 0.2) is 0 Å². The summed E-state index contributed by atoms with van der Waals surface area (Å²) >= 11 is 0. The molecule has 2 aromatic rings. The van der Waals surface area contributed by atoms with Gasteiger partial charge in [0.05, 0.1) is 12.8 Å². The van der Waals surface area contributed by atoms with Gasteiger partial charge in [-0.3, -0.25) is 4.98 Å². The Balaban J connectivity index is 1.37. The molecule has 2 N–H and O–H groups in total. The zero-order valence-corrected chi connectivity index (χ0v) is 16.3. The van der Waals surface area contributed by atoms with Crippen LogP contribution in [0.3, 0.4) is 0 Å². The molecule has 7 nitrogen and oxygen atoms in total. The zero-order chi connectivity index (χ0) is 19.6. The van der Waals surface area contributed by atoms with Crippen LogP contribution in [0.4, 0.5) is 10.5 Å². The quantitative estimate of drug-likeness (QED) is 0.667. The second-order valence-electron chi connectivity index (χ2n) is 6.96. The lowest BCUT2D eigenvalue weighted by molar-refractivity contribution is 0.135. The predicted octanol–water partition coefficient (Wildman–Crippen LogP) is 4.17. The minimum Gasteiger partial charge on any atom is -0.494 e. The second-order valence-corrected chi connectivity index (χ2v) is 6.96. The molecular weight excluding hydrogens is 356 g/mol. The van der Waals surface area contributed by atoms with Crippen molar-refractivity contribution in [3.05, 3.63) is 42.9 Å². The van der Waals surface area contributed by atoms with Crippen molar-refractivity contribution in [2.24, 2.45) is 0 Å². The number of nitrogens with one attached hydrogen (secondary N) is 2. The Morgan fingerprint density at radius 1 is 1.14 bits per heavy atom. The molecule has 1 fully saturated rings. The fourth-order valence-corrected chi connectivity index (χ4v) is 3.16. The SMILES string of the molecule is CCCCOc1ccc(NC(=O)NC2CCC(Oc3cnccn3)CC2)cc1. The number of unbranched alkanes of at least 4 members (excludes halogenated alkanes) is 1. The van der Waals surface area contributed by atoms with Crippen LogP contribution in [0, 0.1) is 0 Å². The smallest absolute Gasteiger partial charge is 0.319 e. The molecule has 1 aliphatic carbocycles. The Morgan fingerprint density at radius 2 is 1.93 bits per heavy atom. The summed E-state index contributed by atoms with van der Waals surface area (Å²) in [6.45, 7) is 2.85. The van der Waals surface area contributed by atoms with Crippen molar-refractivity contribution in [2.45, 2.75) is 57.6 Å². The molecular formula is C21H28N4O3. The fourth-order valence-electron chi connectivity index (χ4n) is 3.16. The highest BCUT2D eigenvalue weighted by molar-refractivity contribution is 5.89. The Kier molecular flexibility index (Phi) is 7.46. The molecule has 0 spiro atoms. The molecule has 150 valence electrons. The average Bonchev–Trinajstić information content (AvgIpc) is 2.72. The molecule has 1 aromatic heterocycles. The summed E-state index contributed by atoms with van der Waals surface area (Å²) in [5.41, 5.74) is 0.750. The highest BCUT2D eigenvalue weighted by atomic mass is 16.5. The van der Waals surface area contributed by atoms with Gasteiger partial charge in [0.2, 0.25) is 5.88 Å². The summed E-state index contributed by atoms with van der Waals surface area (Å²) in [5, 5.41) is 5.92. The first-order valence-electron chi connectivity index (χ1n) is 9.96. The van der Waals surface area contributed by atoms with E-state index in [1.54, 1.807) is 18.6 Å². The van der Waals surface area contributed by atoms with Gasteiger partial charge in [0.1, 0.15) is 11.9 Å². The molecule has 1 heterocycles. The summed E-state index contributed by atoms with van der Waals surface area (Å²) in [6.07, 6.45) is 10.6. The predicted molar refractivity (Wildman–Crippen MR) is 108 cm³/mol. The Morgan fingerprint density at radius 3 is 2.61 bits per heavy atom. The number of amides is 2. The van der Waals surface area contributed by atoms with E-state index in [4.69, 9.17) is 9.47 Å². The van der Waals surface area contributed by atoms with E-state index in [2.05, 4.69) is 27.5 Å². The normalized spacial score (nSPS) is 18.9. The number of hydrogen-bond acceptors (Lipinski definition) is 5. The number of rotatable bonds is 8. The number of ether oxygens (including phenoxy) is 2. The number of urea groups is 1. The van der Waals surface area contributed by atoms with Gasteiger partial charge in [-0.25, -0.2) is 9.78 Å². The van der Waals surface area contributed by atoms with E-state index in [1.807, 2.05) is 24.3 Å². The first-order chi connectivity index (χ1) is 13.7. The third kappa shape index (κ3) is 6.40. The van der Waals surface area contributed by atoms with Crippen molar-refractivity contribution >= 4 is 11.7 Å². The lowest BCUT2D eigenvalue weighted by Crippen LogP contribution is -2.41. The first kappa shape index (κ1) is 19.9. The van der Waals surface area contributed by atoms with Crippen molar-refractivity contribution in [1.82, 2.24) is 15.3 Å². The maximum absolute atomic E-state index is 12.2. The third-order valence-electron chi connectivity index (χ3n) is 4.72. The highest BCUT2D eigenvalue weighted by Crippen LogP contribution is 2.23. The van der Waals surface area contributed by atoms with E-state index < -0.39 is 0 Å². The van der Waals surface area contributed by atoms with Crippen LogP contribution in [0.15, 0.2) is 42.9 Å². The maximum Gasteiger partial charge on any atom is 0.319 e. The van der Waals surface area contributed by atoms with E-state index >= 15 is 0 Å². The summed E-state index contributed by atoms with van der Waals surface area (Å²) < 4.78 is 11.5. The number of benzene rings is 1. The summed E-state index contributed by atoms with van der Waals surface area (Å²) in [5.74, 6) is 1.37. The monoisotopic (exact) mass is 384 g/mol. The molecule has 1 saturated carbocycles. The van der Waals surface area contributed by atoms with Crippen LogP contribution < -0.4 is 20.1 Å². The van der Waals surface area contributed by atoms with E-state index in [0.717, 1.165) is 50.0 Å². The van der Waals surface area contributed by atoms with Crippen LogP contribution in [0.2, 0.25) is 0 Å². The number of nitrogens with zero attached hydrogens (tertiary/aromatic N) is 2. The molecule has 0 saturated heterocycles. The van der Waals surface area contributed by atoms with Gasteiger partial charge in [-0.2, -0.15) is 0 Å². The van der Waals surface area contributed by atoms with E-state index in [0.29, 0.717) is 12.5 Å². The molecule has 7 heteroatoms. The molecule has 0 aliphatic heterocycles. The lowest BCUT2D eigenvalue weighted by atomic mass is 9.93. The van der Waals surface area contributed by atoms with E-state index in [1.165, 1.54) is 0 Å². The van der Waals surface area contributed by atoms with Gasteiger partial charge in [-0.05, 0) is 56.4 Å². The third-order valence-corrected chi connectivity index (χ3v) is 4.72. The zero-order valence-electron chi connectivity index (χ0n) is 16.3. The van der Waals surface area contributed by atoms with Crippen LogP contribution in [-0.2, 0) is 0 Å². The molecule has 0 bridgehead atoms. The highest BCUT2D eigenvalue weighted by Gasteiger charge is 2.24. The molecule has 2 amide bonds. The molecule has 0 unspecified atom stereocenters. The largest absolute Gasteiger partial charge is 0.494 e. The fraction of sp³-hybridized carbons (Fsp3) is 0.476. The molecule has 3 rings (SSSR count). The van der Waals surface area contributed by atoms with Crippen molar-refractivity contribution in [2.75, 3.05) is 11.9 Å². The van der Waals surface area contributed by atoms with Crippen LogP contribution in [0.25, 0.3) is 0 Å². The Labute approximate surface area is 165 Å². The summed E-state index contributed by atoms with van der Waals surface area (Å²) in [7, 11) is 0. The van der Waals surface area contributed by atoms with Gasteiger partial charge in [0, 0.05) is 24.1 Å². The number of anilines is 1. The molecule has 0 radical (unpaired) electrons. The minimum absolute atomic E-state index is 0.123.